The Bertz CT molecular complexity index is 651. The van der Waals surface area contributed by atoms with Crippen molar-refractivity contribution in [2.24, 2.45) is 0 Å². The first-order valence-corrected chi connectivity index (χ1v) is 6.30. The lowest BCUT2D eigenvalue weighted by Crippen LogP contribution is -2.00. The minimum absolute atomic E-state index is 0.246. The highest BCUT2D eigenvalue weighted by Gasteiger charge is 2.23. The highest BCUT2D eigenvalue weighted by atomic mass is 19.1. The van der Waals surface area contributed by atoms with Crippen LogP contribution in [0.2, 0.25) is 0 Å². The Morgan fingerprint density at radius 2 is 2.10 bits per heavy atom. The van der Waals surface area contributed by atoms with E-state index in [4.69, 9.17) is 9.84 Å². The zero-order chi connectivity index (χ0) is 14.1. The van der Waals surface area contributed by atoms with Gasteiger partial charge in [0, 0.05) is 12.3 Å². The van der Waals surface area contributed by atoms with Crippen molar-refractivity contribution >= 4 is 5.97 Å². The average molecular weight is 273 g/mol. The normalized spacial score (nSPS) is 14.1. The Kier molecular flexibility index (Phi) is 3.10. The van der Waals surface area contributed by atoms with Crippen molar-refractivity contribution in [1.29, 1.82) is 0 Å². The van der Waals surface area contributed by atoms with E-state index in [0.717, 1.165) is 12.1 Å². The van der Waals surface area contributed by atoms with Gasteiger partial charge in [-0.2, -0.15) is 0 Å². The lowest BCUT2D eigenvalue weighted by molar-refractivity contribution is 0.0691. The fraction of sp³-hybridized carbons (Fsp3) is 0.200. The SMILES string of the molecule is O=C(O)c1cc(Oc2ccc(C3CC3)cn2)ccc1F. The van der Waals surface area contributed by atoms with Crippen LogP contribution in [0.1, 0.15) is 34.7 Å². The number of hydrogen-bond donors (Lipinski definition) is 1. The summed E-state index contributed by atoms with van der Waals surface area (Å²) >= 11 is 0. The van der Waals surface area contributed by atoms with E-state index in [1.807, 2.05) is 6.07 Å². The molecule has 1 aliphatic carbocycles. The molecule has 0 amide bonds. The van der Waals surface area contributed by atoms with E-state index in [2.05, 4.69) is 4.98 Å². The summed E-state index contributed by atoms with van der Waals surface area (Å²) in [4.78, 5) is 15.0. The number of rotatable bonds is 4. The maximum atomic E-state index is 13.3. The van der Waals surface area contributed by atoms with Crippen LogP contribution in [0.5, 0.6) is 11.6 Å². The molecule has 102 valence electrons. The van der Waals surface area contributed by atoms with Crippen molar-refractivity contribution in [2.45, 2.75) is 18.8 Å². The molecular weight excluding hydrogens is 261 g/mol. The molecule has 3 rings (SSSR count). The van der Waals surface area contributed by atoms with Crippen LogP contribution < -0.4 is 4.74 Å². The summed E-state index contributed by atoms with van der Waals surface area (Å²) < 4.78 is 18.7. The minimum Gasteiger partial charge on any atom is -0.478 e. The smallest absolute Gasteiger partial charge is 0.338 e. The molecule has 1 aliphatic rings. The molecule has 1 heterocycles. The molecule has 0 aliphatic heterocycles. The second-order valence-electron chi connectivity index (χ2n) is 4.75. The molecule has 0 atom stereocenters. The summed E-state index contributed by atoms with van der Waals surface area (Å²) in [5.41, 5.74) is 0.764. The van der Waals surface area contributed by atoms with Crippen molar-refractivity contribution in [3.05, 3.63) is 53.5 Å². The number of carboxylic acids is 1. The summed E-state index contributed by atoms with van der Waals surface area (Å²) in [5, 5.41) is 8.85. The number of carbonyl (C=O) groups is 1. The summed E-state index contributed by atoms with van der Waals surface area (Å²) in [6.45, 7) is 0. The van der Waals surface area contributed by atoms with Crippen LogP contribution in [0.4, 0.5) is 4.39 Å². The first-order chi connectivity index (χ1) is 9.63. The molecule has 0 saturated heterocycles. The summed E-state index contributed by atoms with van der Waals surface area (Å²) in [6, 6.07) is 7.27. The van der Waals surface area contributed by atoms with Crippen LogP contribution in [0.25, 0.3) is 0 Å². The fourth-order valence-corrected chi connectivity index (χ4v) is 1.96. The lowest BCUT2D eigenvalue weighted by atomic mass is 10.2. The topological polar surface area (TPSA) is 59.4 Å². The average Bonchev–Trinajstić information content (AvgIpc) is 3.26. The third kappa shape index (κ3) is 2.61. The van der Waals surface area contributed by atoms with Gasteiger partial charge in [0.2, 0.25) is 5.88 Å². The van der Waals surface area contributed by atoms with E-state index in [1.165, 1.54) is 24.5 Å². The first kappa shape index (κ1) is 12.6. The van der Waals surface area contributed by atoms with Crippen molar-refractivity contribution < 1.29 is 19.0 Å². The molecule has 0 bridgehead atoms. The Morgan fingerprint density at radius 1 is 1.30 bits per heavy atom. The van der Waals surface area contributed by atoms with E-state index in [-0.39, 0.29) is 5.75 Å². The van der Waals surface area contributed by atoms with Gasteiger partial charge in [0.15, 0.2) is 0 Å². The number of aromatic carboxylic acids is 1. The van der Waals surface area contributed by atoms with E-state index in [0.29, 0.717) is 11.8 Å². The van der Waals surface area contributed by atoms with Gasteiger partial charge in [0.25, 0.3) is 0 Å². The molecule has 20 heavy (non-hydrogen) atoms. The first-order valence-electron chi connectivity index (χ1n) is 6.30. The van der Waals surface area contributed by atoms with Gasteiger partial charge < -0.3 is 9.84 Å². The molecule has 0 unspecified atom stereocenters. The number of ether oxygens (including phenoxy) is 1. The summed E-state index contributed by atoms with van der Waals surface area (Å²) in [7, 11) is 0. The van der Waals surface area contributed by atoms with E-state index in [9.17, 15) is 9.18 Å². The lowest BCUT2D eigenvalue weighted by Gasteiger charge is -2.06. The van der Waals surface area contributed by atoms with Crippen molar-refractivity contribution in [3.63, 3.8) is 0 Å². The largest absolute Gasteiger partial charge is 0.478 e. The third-order valence-electron chi connectivity index (χ3n) is 3.20. The maximum Gasteiger partial charge on any atom is 0.338 e. The maximum absolute atomic E-state index is 13.3. The molecule has 2 aromatic rings. The Morgan fingerprint density at radius 3 is 2.70 bits per heavy atom. The number of pyridine rings is 1. The van der Waals surface area contributed by atoms with E-state index in [1.54, 1.807) is 12.3 Å². The van der Waals surface area contributed by atoms with Gasteiger partial charge in [-0.25, -0.2) is 14.2 Å². The predicted octanol–water partition coefficient (Wildman–Crippen LogP) is 3.59. The van der Waals surface area contributed by atoms with E-state index >= 15 is 0 Å². The van der Waals surface area contributed by atoms with Crippen molar-refractivity contribution in [3.8, 4) is 11.6 Å². The van der Waals surface area contributed by atoms with Gasteiger partial charge in [-0.3, -0.25) is 0 Å². The molecule has 1 aromatic carbocycles. The van der Waals surface area contributed by atoms with Gasteiger partial charge in [0.05, 0.1) is 5.56 Å². The van der Waals surface area contributed by atoms with Crippen LogP contribution in [-0.4, -0.2) is 16.1 Å². The number of aromatic nitrogens is 1. The molecule has 1 fully saturated rings. The van der Waals surface area contributed by atoms with Crippen LogP contribution in [0.3, 0.4) is 0 Å². The van der Waals surface area contributed by atoms with Crippen LogP contribution >= 0.6 is 0 Å². The fourth-order valence-electron chi connectivity index (χ4n) is 1.96. The number of benzene rings is 1. The van der Waals surface area contributed by atoms with Gasteiger partial charge >= 0.3 is 5.97 Å². The predicted molar refractivity (Wildman–Crippen MR) is 69.6 cm³/mol. The zero-order valence-electron chi connectivity index (χ0n) is 10.5. The van der Waals surface area contributed by atoms with Gasteiger partial charge in [0.1, 0.15) is 11.6 Å². The van der Waals surface area contributed by atoms with Crippen molar-refractivity contribution in [1.82, 2.24) is 4.98 Å². The van der Waals surface area contributed by atoms with Crippen LogP contribution in [-0.2, 0) is 0 Å². The number of hydrogen-bond acceptors (Lipinski definition) is 3. The number of nitrogens with zero attached hydrogens (tertiary/aromatic N) is 1. The van der Waals surface area contributed by atoms with Crippen LogP contribution in [0, 0.1) is 5.82 Å². The monoisotopic (exact) mass is 273 g/mol. The van der Waals surface area contributed by atoms with Crippen molar-refractivity contribution in [2.75, 3.05) is 0 Å². The van der Waals surface area contributed by atoms with Crippen LogP contribution in [0.15, 0.2) is 36.5 Å². The Balaban J connectivity index is 1.79. The quantitative estimate of drug-likeness (QED) is 0.924. The molecule has 0 radical (unpaired) electrons. The standard InChI is InChI=1S/C15H12FNO3/c16-13-5-4-11(7-12(13)15(18)19)20-14-6-3-10(8-17-14)9-1-2-9/h3-9H,1-2H2,(H,18,19). The molecule has 1 saturated carbocycles. The molecule has 1 aromatic heterocycles. The molecule has 1 N–H and O–H groups in total. The Hall–Kier alpha value is -2.43. The van der Waals surface area contributed by atoms with Gasteiger partial charge in [-0.15, -0.1) is 0 Å². The second kappa shape index (κ2) is 4.92. The highest BCUT2D eigenvalue weighted by Crippen LogP contribution is 2.40. The Labute approximate surface area is 114 Å². The molecule has 4 nitrogen and oxygen atoms in total. The highest BCUT2D eigenvalue weighted by molar-refractivity contribution is 5.88. The van der Waals surface area contributed by atoms with Gasteiger partial charge in [-0.05, 0) is 42.5 Å². The minimum atomic E-state index is -1.33. The summed E-state index contributed by atoms with van der Waals surface area (Å²) in [5.74, 6) is -0.902. The molecule has 5 heteroatoms. The number of halogens is 1. The molecular formula is C15H12FNO3. The molecule has 0 spiro atoms. The number of carboxylic acid groups (broad SMARTS) is 1. The van der Waals surface area contributed by atoms with E-state index < -0.39 is 17.3 Å². The third-order valence-corrected chi connectivity index (χ3v) is 3.20. The zero-order valence-corrected chi connectivity index (χ0v) is 10.5. The van der Waals surface area contributed by atoms with Gasteiger partial charge in [-0.1, -0.05) is 6.07 Å². The summed E-state index contributed by atoms with van der Waals surface area (Å²) in [6.07, 6.45) is 4.15. The second-order valence-corrected chi connectivity index (χ2v) is 4.75.